The molecule has 0 saturated heterocycles. The number of amides is 1. The number of nitro groups is 2. The first-order chi connectivity index (χ1) is 13.9. The van der Waals surface area contributed by atoms with Gasteiger partial charge in [-0.2, -0.15) is 0 Å². The molecule has 0 unspecified atom stereocenters. The van der Waals surface area contributed by atoms with E-state index in [0.29, 0.717) is 11.1 Å². The molecule has 170 valence electrons. The number of hydrogen-bond donors (Lipinski definition) is 2. The Hall–Kier alpha value is -2.46. The molecular formula is C19H23Cl3N4O5. The van der Waals surface area contributed by atoms with Crippen LogP contribution in [0.15, 0.2) is 36.4 Å². The average Bonchev–Trinajstić information content (AvgIpc) is 2.66. The van der Waals surface area contributed by atoms with Crippen LogP contribution in [0.3, 0.4) is 0 Å². The van der Waals surface area contributed by atoms with Gasteiger partial charge in [-0.05, 0) is 23.3 Å². The van der Waals surface area contributed by atoms with Gasteiger partial charge in [-0.15, -0.1) is 12.4 Å². The van der Waals surface area contributed by atoms with Crippen molar-refractivity contribution in [2.75, 3.05) is 0 Å². The summed E-state index contributed by atoms with van der Waals surface area (Å²) in [5.74, 6) is -0.111. The molecular weight excluding hydrogens is 471 g/mol. The number of carbonyl (C=O) groups excluding carboxylic acids is 1. The number of nitrogens with one attached hydrogen (secondary N) is 1. The summed E-state index contributed by atoms with van der Waals surface area (Å²) in [6.07, 6.45) is 0. The zero-order valence-electron chi connectivity index (χ0n) is 17.1. The lowest BCUT2D eigenvalue weighted by Gasteiger charge is -2.17. The highest BCUT2D eigenvalue weighted by Crippen LogP contribution is 2.25. The summed E-state index contributed by atoms with van der Waals surface area (Å²) < 4.78 is 0. The van der Waals surface area contributed by atoms with Gasteiger partial charge in [0.25, 0.3) is 11.4 Å². The van der Waals surface area contributed by atoms with Crippen molar-refractivity contribution in [1.29, 1.82) is 0 Å². The van der Waals surface area contributed by atoms with Crippen LogP contribution >= 0.6 is 35.6 Å². The van der Waals surface area contributed by atoms with E-state index in [2.05, 4.69) is 5.32 Å². The fourth-order valence-electron chi connectivity index (χ4n) is 2.08. The van der Waals surface area contributed by atoms with Crippen molar-refractivity contribution in [2.45, 2.75) is 33.9 Å². The fourth-order valence-corrected chi connectivity index (χ4v) is 2.45. The van der Waals surface area contributed by atoms with Crippen molar-refractivity contribution in [2.24, 2.45) is 11.1 Å². The van der Waals surface area contributed by atoms with Gasteiger partial charge in [0, 0.05) is 30.6 Å². The van der Waals surface area contributed by atoms with Crippen LogP contribution in [0.1, 0.15) is 31.9 Å². The highest BCUT2D eigenvalue weighted by Gasteiger charge is 2.21. The van der Waals surface area contributed by atoms with Crippen LogP contribution in [0.4, 0.5) is 11.4 Å². The Kier molecular flexibility index (Phi) is 11.4. The Labute approximate surface area is 195 Å². The second-order valence-corrected chi connectivity index (χ2v) is 8.04. The predicted octanol–water partition coefficient (Wildman–Crippen LogP) is 5.04. The first-order valence-electron chi connectivity index (χ1n) is 8.70. The first kappa shape index (κ1) is 28.5. The first-order valence-corrected chi connectivity index (χ1v) is 9.46. The third kappa shape index (κ3) is 9.06. The average molecular weight is 494 g/mol. The van der Waals surface area contributed by atoms with E-state index in [9.17, 15) is 25.0 Å². The topological polar surface area (TPSA) is 141 Å². The van der Waals surface area contributed by atoms with E-state index in [1.807, 2.05) is 0 Å². The van der Waals surface area contributed by atoms with Crippen LogP contribution in [-0.2, 0) is 17.9 Å². The fraction of sp³-hybridized carbons (Fsp3) is 0.316. The van der Waals surface area contributed by atoms with Crippen molar-refractivity contribution in [3.05, 3.63) is 77.8 Å². The molecule has 0 bridgehead atoms. The van der Waals surface area contributed by atoms with Crippen LogP contribution < -0.4 is 11.1 Å². The standard InChI is InChI=1S/C12H15ClN2O3.C7H7ClN2O2.ClH/c1-12(2,3)11(16)14-7-8-4-5-9(13)10(6-8)15(17)18;8-6-2-1-5(4-9)3-7(6)10(11)12;/h4-6H,7H2,1-3H3,(H,14,16);1-3H,4,9H2;1H. The van der Waals surface area contributed by atoms with Crippen molar-refractivity contribution < 1.29 is 14.6 Å². The number of nitrogens with two attached hydrogens (primary N) is 1. The quantitative estimate of drug-likeness (QED) is 0.441. The van der Waals surface area contributed by atoms with E-state index >= 15 is 0 Å². The molecule has 0 atom stereocenters. The molecule has 12 heteroatoms. The molecule has 0 spiro atoms. The van der Waals surface area contributed by atoms with E-state index in [1.165, 1.54) is 24.3 Å². The smallest absolute Gasteiger partial charge is 0.288 e. The van der Waals surface area contributed by atoms with Crippen molar-refractivity contribution in [1.82, 2.24) is 5.32 Å². The van der Waals surface area contributed by atoms with E-state index < -0.39 is 15.3 Å². The summed E-state index contributed by atoms with van der Waals surface area (Å²) in [6, 6.07) is 8.99. The molecule has 0 radical (unpaired) electrons. The Balaban J connectivity index is 0.000000605. The molecule has 2 rings (SSSR count). The van der Waals surface area contributed by atoms with Gasteiger partial charge < -0.3 is 11.1 Å². The Morgan fingerprint density at radius 1 is 0.968 bits per heavy atom. The zero-order valence-corrected chi connectivity index (χ0v) is 19.4. The molecule has 0 saturated carbocycles. The van der Waals surface area contributed by atoms with Gasteiger partial charge in [0.15, 0.2) is 0 Å². The third-order valence-electron chi connectivity index (χ3n) is 3.78. The number of nitrogens with zero attached hydrogens (tertiary/aromatic N) is 2. The summed E-state index contributed by atoms with van der Waals surface area (Å²) in [6.45, 7) is 5.91. The summed E-state index contributed by atoms with van der Waals surface area (Å²) in [5.41, 5.74) is 5.91. The Bertz CT molecular complexity index is 949. The molecule has 2 aromatic rings. The van der Waals surface area contributed by atoms with Crippen LogP contribution in [0.2, 0.25) is 10.0 Å². The number of halogens is 3. The zero-order chi connectivity index (χ0) is 23.1. The predicted molar refractivity (Wildman–Crippen MR) is 123 cm³/mol. The third-order valence-corrected chi connectivity index (χ3v) is 4.42. The van der Waals surface area contributed by atoms with E-state index in [1.54, 1.807) is 32.9 Å². The molecule has 2 aromatic carbocycles. The number of rotatable bonds is 5. The lowest BCUT2D eigenvalue weighted by Crippen LogP contribution is -2.34. The molecule has 0 aromatic heterocycles. The molecule has 31 heavy (non-hydrogen) atoms. The number of nitro benzene ring substituents is 2. The van der Waals surface area contributed by atoms with E-state index in [4.69, 9.17) is 28.9 Å². The summed E-state index contributed by atoms with van der Waals surface area (Å²) >= 11 is 11.3. The van der Waals surface area contributed by atoms with Crippen molar-refractivity contribution >= 4 is 52.9 Å². The molecule has 0 heterocycles. The summed E-state index contributed by atoms with van der Waals surface area (Å²) in [4.78, 5) is 31.7. The minimum absolute atomic E-state index is 0. The van der Waals surface area contributed by atoms with Gasteiger partial charge in [-0.1, -0.05) is 56.1 Å². The van der Waals surface area contributed by atoms with Crippen LogP contribution in [0.25, 0.3) is 0 Å². The Morgan fingerprint density at radius 2 is 1.39 bits per heavy atom. The second kappa shape index (κ2) is 12.4. The van der Waals surface area contributed by atoms with E-state index in [0.717, 1.165) is 0 Å². The van der Waals surface area contributed by atoms with Gasteiger partial charge in [0.1, 0.15) is 10.0 Å². The lowest BCUT2D eigenvalue weighted by molar-refractivity contribution is -0.384. The van der Waals surface area contributed by atoms with Crippen LogP contribution in [0.5, 0.6) is 0 Å². The highest BCUT2D eigenvalue weighted by atomic mass is 35.5. The van der Waals surface area contributed by atoms with Crippen LogP contribution in [0, 0.1) is 25.6 Å². The summed E-state index contributed by atoms with van der Waals surface area (Å²) in [5, 5.41) is 24.0. The normalized spacial score (nSPS) is 10.3. The summed E-state index contributed by atoms with van der Waals surface area (Å²) in [7, 11) is 0. The largest absolute Gasteiger partial charge is 0.352 e. The highest BCUT2D eigenvalue weighted by molar-refractivity contribution is 6.33. The van der Waals surface area contributed by atoms with Gasteiger partial charge >= 0.3 is 0 Å². The van der Waals surface area contributed by atoms with Crippen LogP contribution in [-0.4, -0.2) is 15.8 Å². The Morgan fingerprint density at radius 3 is 1.77 bits per heavy atom. The SMILES string of the molecule is CC(C)(C)C(=O)NCc1ccc(Cl)c([N+](=O)[O-])c1.Cl.NCc1ccc(Cl)c([N+](=O)[O-])c1. The maximum atomic E-state index is 11.7. The molecule has 0 aliphatic heterocycles. The van der Waals surface area contributed by atoms with Gasteiger partial charge in [-0.25, -0.2) is 0 Å². The molecule has 9 nitrogen and oxygen atoms in total. The lowest BCUT2D eigenvalue weighted by atomic mass is 9.95. The van der Waals surface area contributed by atoms with Gasteiger partial charge in [-0.3, -0.25) is 25.0 Å². The molecule has 0 fully saturated rings. The molecule has 0 aliphatic rings. The van der Waals surface area contributed by atoms with Gasteiger partial charge in [0.2, 0.25) is 5.91 Å². The monoisotopic (exact) mass is 492 g/mol. The molecule has 1 amide bonds. The van der Waals surface area contributed by atoms with E-state index in [-0.39, 0.29) is 52.8 Å². The molecule has 3 N–H and O–H groups in total. The minimum atomic E-state index is -0.544. The number of hydrogen-bond acceptors (Lipinski definition) is 6. The van der Waals surface area contributed by atoms with Crippen molar-refractivity contribution in [3.63, 3.8) is 0 Å². The number of benzene rings is 2. The van der Waals surface area contributed by atoms with Gasteiger partial charge in [0.05, 0.1) is 9.85 Å². The minimum Gasteiger partial charge on any atom is -0.352 e. The number of carbonyl (C=O) groups is 1. The maximum Gasteiger partial charge on any atom is 0.288 e. The molecule has 0 aliphatic carbocycles. The second-order valence-electron chi connectivity index (χ2n) is 7.22. The van der Waals surface area contributed by atoms with Crippen molar-refractivity contribution in [3.8, 4) is 0 Å². The maximum absolute atomic E-state index is 11.7.